The summed E-state index contributed by atoms with van der Waals surface area (Å²) in [5.41, 5.74) is 0. The van der Waals surface area contributed by atoms with Gasteiger partial charge in [0, 0.05) is 45.7 Å². The lowest BCUT2D eigenvalue weighted by molar-refractivity contribution is -0.122. The lowest BCUT2D eigenvalue weighted by Crippen LogP contribution is -2.46. The summed E-state index contributed by atoms with van der Waals surface area (Å²) < 4.78 is 0. The Morgan fingerprint density at radius 2 is 2.12 bits per heavy atom. The maximum atomic E-state index is 11.6. The van der Waals surface area contributed by atoms with Crippen molar-refractivity contribution in [2.45, 2.75) is 33.1 Å². The van der Waals surface area contributed by atoms with Gasteiger partial charge in [0.25, 0.3) is 0 Å². The molecule has 1 saturated heterocycles. The molecule has 1 aliphatic rings. The summed E-state index contributed by atoms with van der Waals surface area (Å²) in [6.07, 6.45) is 2.98. The van der Waals surface area contributed by atoms with Crippen LogP contribution in [0, 0.1) is 5.92 Å². The first-order valence-corrected chi connectivity index (χ1v) is 6.92. The van der Waals surface area contributed by atoms with Gasteiger partial charge < -0.3 is 10.6 Å². The third-order valence-corrected chi connectivity index (χ3v) is 3.28. The molecule has 1 amide bonds. The van der Waals surface area contributed by atoms with Gasteiger partial charge in [-0.3, -0.25) is 9.69 Å². The predicted molar refractivity (Wildman–Crippen MR) is 71.0 cm³/mol. The average Bonchev–Trinajstić information content (AvgIpc) is 2.30. The summed E-state index contributed by atoms with van der Waals surface area (Å²) in [4.78, 5) is 14.0. The Kier molecular flexibility index (Phi) is 7.21. The molecule has 17 heavy (non-hydrogen) atoms. The second kappa shape index (κ2) is 8.48. The van der Waals surface area contributed by atoms with E-state index in [1.165, 1.54) is 0 Å². The number of hydrogen-bond acceptors (Lipinski definition) is 3. The fourth-order valence-corrected chi connectivity index (χ4v) is 2.27. The highest BCUT2D eigenvalue weighted by Crippen LogP contribution is 2.08. The Labute approximate surface area is 105 Å². The number of piperazine rings is 1. The van der Waals surface area contributed by atoms with E-state index in [4.69, 9.17) is 0 Å². The molecule has 1 aliphatic heterocycles. The Hall–Kier alpha value is -0.610. The molecule has 4 nitrogen and oxygen atoms in total. The third-order valence-electron chi connectivity index (χ3n) is 3.28. The number of amides is 1. The van der Waals surface area contributed by atoms with Crippen LogP contribution >= 0.6 is 0 Å². The highest BCUT2D eigenvalue weighted by molar-refractivity contribution is 5.76. The molecule has 4 heteroatoms. The van der Waals surface area contributed by atoms with Gasteiger partial charge in [0.15, 0.2) is 0 Å². The monoisotopic (exact) mass is 241 g/mol. The number of carbonyl (C=O) groups is 1. The zero-order valence-corrected chi connectivity index (χ0v) is 11.3. The molecule has 0 bridgehead atoms. The SMILES string of the molecule is CCCC(C)CC(=O)NCCN1CCNCC1. The van der Waals surface area contributed by atoms with Crippen LogP contribution in [-0.4, -0.2) is 50.1 Å². The largest absolute Gasteiger partial charge is 0.355 e. The standard InChI is InChI=1S/C13H27N3O/c1-3-4-12(2)11-13(17)15-7-10-16-8-5-14-6-9-16/h12,14H,3-11H2,1-2H3,(H,15,17). The molecule has 0 spiro atoms. The van der Waals surface area contributed by atoms with Crippen LogP contribution in [0.3, 0.4) is 0 Å². The van der Waals surface area contributed by atoms with Crippen LogP contribution in [0.15, 0.2) is 0 Å². The Morgan fingerprint density at radius 1 is 1.41 bits per heavy atom. The molecule has 0 aromatic rings. The van der Waals surface area contributed by atoms with Crippen LogP contribution in [0.1, 0.15) is 33.1 Å². The van der Waals surface area contributed by atoms with Gasteiger partial charge in [0.2, 0.25) is 5.91 Å². The van der Waals surface area contributed by atoms with Gasteiger partial charge in [0.1, 0.15) is 0 Å². The first kappa shape index (κ1) is 14.5. The summed E-state index contributed by atoms with van der Waals surface area (Å²) in [6, 6.07) is 0. The number of rotatable bonds is 7. The van der Waals surface area contributed by atoms with Crippen molar-refractivity contribution in [3.63, 3.8) is 0 Å². The van der Waals surface area contributed by atoms with Gasteiger partial charge in [-0.25, -0.2) is 0 Å². The zero-order valence-electron chi connectivity index (χ0n) is 11.3. The van der Waals surface area contributed by atoms with Crippen LogP contribution < -0.4 is 10.6 Å². The molecule has 0 radical (unpaired) electrons. The second-order valence-electron chi connectivity index (χ2n) is 5.04. The molecular formula is C13H27N3O. The van der Waals surface area contributed by atoms with E-state index < -0.39 is 0 Å². The van der Waals surface area contributed by atoms with Crippen LogP contribution in [0.4, 0.5) is 0 Å². The molecule has 1 heterocycles. The number of nitrogens with one attached hydrogen (secondary N) is 2. The maximum absolute atomic E-state index is 11.6. The highest BCUT2D eigenvalue weighted by Gasteiger charge is 2.10. The minimum absolute atomic E-state index is 0.209. The van der Waals surface area contributed by atoms with Crippen molar-refractivity contribution in [2.24, 2.45) is 5.92 Å². The lowest BCUT2D eigenvalue weighted by Gasteiger charge is -2.27. The molecule has 0 saturated carbocycles. The molecule has 0 aromatic heterocycles. The predicted octanol–water partition coefficient (Wildman–Crippen LogP) is 0.834. The van der Waals surface area contributed by atoms with E-state index in [1.807, 2.05) is 0 Å². The van der Waals surface area contributed by atoms with Crippen molar-refractivity contribution in [1.82, 2.24) is 15.5 Å². The molecule has 100 valence electrons. The van der Waals surface area contributed by atoms with E-state index in [-0.39, 0.29) is 5.91 Å². The summed E-state index contributed by atoms with van der Waals surface area (Å²) in [5, 5.41) is 6.34. The van der Waals surface area contributed by atoms with Crippen molar-refractivity contribution in [1.29, 1.82) is 0 Å². The van der Waals surface area contributed by atoms with E-state index >= 15 is 0 Å². The molecule has 1 fully saturated rings. The van der Waals surface area contributed by atoms with Gasteiger partial charge in [-0.1, -0.05) is 26.7 Å². The Morgan fingerprint density at radius 3 is 2.76 bits per heavy atom. The average molecular weight is 241 g/mol. The first-order valence-electron chi connectivity index (χ1n) is 6.92. The quantitative estimate of drug-likeness (QED) is 0.694. The van der Waals surface area contributed by atoms with Crippen molar-refractivity contribution >= 4 is 5.91 Å². The zero-order chi connectivity index (χ0) is 12.5. The molecule has 2 N–H and O–H groups in total. The minimum Gasteiger partial charge on any atom is -0.355 e. The van der Waals surface area contributed by atoms with Gasteiger partial charge in [-0.15, -0.1) is 0 Å². The van der Waals surface area contributed by atoms with Gasteiger partial charge in [0.05, 0.1) is 0 Å². The Balaban J connectivity index is 2.03. The van der Waals surface area contributed by atoms with E-state index in [9.17, 15) is 4.79 Å². The fourth-order valence-electron chi connectivity index (χ4n) is 2.27. The molecule has 1 unspecified atom stereocenters. The number of hydrogen-bond donors (Lipinski definition) is 2. The summed E-state index contributed by atoms with van der Waals surface area (Å²) in [7, 11) is 0. The molecular weight excluding hydrogens is 214 g/mol. The van der Waals surface area contributed by atoms with E-state index in [2.05, 4.69) is 29.4 Å². The smallest absolute Gasteiger partial charge is 0.220 e. The van der Waals surface area contributed by atoms with Crippen molar-refractivity contribution in [2.75, 3.05) is 39.3 Å². The topological polar surface area (TPSA) is 44.4 Å². The summed E-state index contributed by atoms with van der Waals surface area (Å²) in [6.45, 7) is 10.4. The van der Waals surface area contributed by atoms with Crippen molar-refractivity contribution < 1.29 is 4.79 Å². The lowest BCUT2D eigenvalue weighted by atomic mass is 10.0. The Bertz CT molecular complexity index is 215. The van der Waals surface area contributed by atoms with Gasteiger partial charge in [-0.05, 0) is 5.92 Å². The summed E-state index contributed by atoms with van der Waals surface area (Å²) >= 11 is 0. The van der Waals surface area contributed by atoms with E-state index in [0.717, 1.165) is 52.1 Å². The molecule has 0 aliphatic carbocycles. The first-order chi connectivity index (χ1) is 8.22. The highest BCUT2D eigenvalue weighted by atomic mass is 16.1. The van der Waals surface area contributed by atoms with E-state index in [1.54, 1.807) is 0 Å². The minimum atomic E-state index is 0.209. The van der Waals surface area contributed by atoms with Crippen molar-refractivity contribution in [3.05, 3.63) is 0 Å². The van der Waals surface area contributed by atoms with Gasteiger partial charge >= 0.3 is 0 Å². The molecule has 1 rings (SSSR count). The maximum Gasteiger partial charge on any atom is 0.220 e. The number of nitrogens with zero attached hydrogens (tertiary/aromatic N) is 1. The van der Waals surface area contributed by atoms with Gasteiger partial charge in [-0.2, -0.15) is 0 Å². The molecule has 1 atom stereocenters. The summed E-state index contributed by atoms with van der Waals surface area (Å²) in [5.74, 6) is 0.722. The third kappa shape index (κ3) is 6.64. The van der Waals surface area contributed by atoms with Crippen LogP contribution in [0.2, 0.25) is 0 Å². The number of carbonyl (C=O) groups excluding carboxylic acids is 1. The van der Waals surface area contributed by atoms with E-state index in [0.29, 0.717) is 12.3 Å². The molecule has 0 aromatic carbocycles. The second-order valence-corrected chi connectivity index (χ2v) is 5.04. The fraction of sp³-hybridized carbons (Fsp3) is 0.923. The van der Waals surface area contributed by atoms with Crippen molar-refractivity contribution in [3.8, 4) is 0 Å². The van der Waals surface area contributed by atoms with Crippen LogP contribution in [0.5, 0.6) is 0 Å². The van der Waals surface area contributed by atoms with Crippen LogP contribution in [-0.2, 0) is 4.79 Å². The normalized spacial score (nSPS) is 18.9. The van der Waals surface area contributed by atoms with Crippen LogP contribution in [0.25, 0.3) is 0 Å².